The highest BCUT2D eigenvalue weighted by molar-refractivity contribution is 5.77. The van der Waals surface area contributed by atoms with Crippen LogP contribution in [0.4, 0.5) is 0 Å². The maximum Gasteiger partial charge on any atom is 0.140 e. The Labute approximate surface area is 114 Å². The van der Waals surface area contributed by atoms with Crippen LogP contribution in [0, 0.1) is 45.3 Å². The fourth-order valence-corrected chi connectivity index (χ4v) is 1.53. The van der Waals surface area contributed by atoms with Crippen molar-refractivity contribution in [2.75, 3.05) is 6.61 Å². The summed E-state index contributed by atoms with van der Waals surface area (Å²) in [4.78, 5) is 0. The molecule has 0 saturated heterocycles. The van der Waals surface area contributed by atoms with Gasteiger partial charge < -0.3 is 9.84 Å². The van der Waals surface area contributed by atoms with Crippen molar-refractivity contribution in [3.63, 3.8) is 0 Å². The van der Waals surface area contributed by atoms with E-state index in [1.807, 2.05) is 0 Å². The second-order valence-electron chi connectivity index (χ2n) is 3.50. The summed E-state index contributed by atoms with van der Waals surface area (Å²) in [6.45, 7) is 1.96. The van der Waals surface area contributed by atoms with Gasteiger partial charge in [-0.3, -0.25) is 0 Å². The normalized spacial score (nSPS) is 8.45. The first-order valence-electron chi connectivity index (χ1n) is 5.47. The Morgan fingerprint density at radius 2 is 1.50 bits per heavy atom. The van der Waals surface area contributed by atoms with E-state index in [-0.39, 0.29) is 39.7 Å². The van der Waals surface area contributed by atoms with E-state index < -0.39 is 0 Å². The molecule has 1 aromatic rings. The molecule has 0 aliphatic rings. The maximum absolute atomic E-state index is 9.85. The standard InChI is InChI=1S/C14H8N4O2/c1-2-20-14-4-11(9(5-15)6-16)13(19)3-12(14)10(7-17)8-18/h3-4,19H,2H2,1H3. The van der Waals surface area contributed by atoms with E-state index in [2.05, 4.69) is 0 Å². The number of nitrogens with zero attached hydrogens (tertiary/aromatic N) is 4. The van der Waals surface area contributed by atoms with E-state index >= 15 is 0 Å². The molecule has 96 valence electrons. The maximum atomic E-state index is 9.85. The van der Waals surface area contributed by atoms with Gasteiger partial charge in [0.15, 0.2) is 0 Å². The zero-order valence-corrected chi connectivity index (χ0v) is 10.5. The first-order valence-corrected chi connectivity index (χ1v) is 5.47. The third-order valence-corrected chi connectivity index (χ3v) is 2.38. The largest absolute Gasteiger partial charge is 0.507 e. The van der Waals surface area contributed by atoms with Gasteiger partial charge in [0.05, 0.1) is 6.61 Å². The molecule has 0 radical (unpaired) electrons. The highest BCUT2D eigenvalue weighted by Crippen LogP contribution is 2.09. The van der Waals surface area contributed by atoms with Crippen molar-refractivity contribution in [3.8, 4) is 35.8 Å². The molecule has 0 aliphatic heterocycles. The molecule has 20 heavy (non-hydrogen) atoms. The fourth-order valence-electron chi connectivity index (χ4n) is 1.53. The lowest BCUT2D eigenvalue weighted by Crippen LogP contribution is -2.17. The summed E-state index contributed by atoms with van der Waals surface area (Å²) in [5.74, 6) is -0.217. The number of nitriles is 4. The molecule has 6 nitrogen and oxygen atoms in total. The highest BCUT2D eigenvalue weighted by atomic mass is 16.5. The molecular formula is C14H8N4O2. The van der Waals surface area contributed by atoms with Crippen LogP contribution in [0.5, 0.6) is 11.5 Å². The fraction of sp³-hybridized carbons (Fsp3) is 0.143. The third kappa shape index (κ3) is 2.67. The van der Waals surface area contributed by atoms with Crippen molar-refractivity contribution in [2.45, 2.75) is 6.92 Å². The van der Waals surface area contributed by atoms with Crippen LogP contribution in [0.15, 0.2) is 12.1 Å². The number of phenolic OH excluding ortho intramolecular Hbond substituents is 1. The van der Waals surface area contributed by atoms with E-state index in [9.17, 15) is 5.11 Å². The van der Waals surface area contributed by atoms with E-state index in [0.717, 1.165) is 6.07 Å². The molecule has 1 N–H and O–H groups in total. The molecule has 0 unspecified atom stereocenters. The molecule has 6 heteroatoms. The molecule has 0 spiro atoms. The molecule has 0 amide bonds. The van der Waals surface area contributed by atoms with Gasteiger partial charge in [-0.25, -0.2) is 0 Å². The Bertz CT molecular complexity index is 795. The number of benzene rings is 1. The average Bonchev–Trinajstić information content (AvgIpc) is 2.45. The first kappa shape index (κ1) is 14.6. The van der Waals surface area contributed by atoms with Crippen molar-refractivity contribution < 1.29 is 9.84 Å². The molecule has 1 aromatic carbocycles. The summed E-state index contributed by atoms with van der Waals surface area (Å²) in [7, 11) is 0. The Morgan fingerprint density at radius 3 is 1.95 bits per heavy atom. The van der Waals surface area contributed by atoms with Gasteiger partial charge in [0, 0.05) is 10.4 Å². The minimum atomic E-state index is -0.371. The van der Waals surface area contributed by atoms with E-state index in [0.29, 0.717) is 0 Å². The summed E-state index contributed by atoms with van der Waals surface area (Å²) in [5.41, 5.74) is -0.517. The first-order chi connectivity index (χ1) is 9.62. The second-order valence-corrected chi connectivity index (χ2v) is 3.50. The lowest BCUT2D eigenvalue weighted by Gasteiger charge is -2.05. The van der Waals surface area contributed by atoms with Gasteiger partial charge in [-0.1, -0.05) is 0 Å². The van der Waals surface area contributed by atoms with Crippen LogP contribution in [-0.4, -0.2) is 11.7 Å². The van der Waals surface area contributed by atoms with Crippen LogP contribution in [0.1, 0.15) is 6.92 Å². The number of rotatable bonds is 2. The van der Waals surface area contributed by atoms with Crippen molar-refractivity contribution in [1.82, 2.24) is 0 Å². The van der Waals surface area contributed by atoms with Gasteiger partial charge in [-0.2, -0.15) is 21.0 Å². The van der Waals surface area contributed by atoms with Gasteiger partial charge >= 0.3 is 0 Å². The number of phenols is 1. The van der Waals surface area contributed by atoms with E-state index in [4.69, 9.17) is 25.8 Å². The molecule has 0 aromatic heterocycles. The molecule has 0 aliphatic carbocycles. The summed E-state index contributed by atoms with van der Waals surface area (Å²) in [6.07, 6.45) is 0. The van der Waals surface area contributed by atoms with Crippen LogP contribution in [-0.2, 0) is 0 Å². The lowest BCUT2D eigenvalue weighted by atomic mass is 10.1. The van der Waals surface area contributed by atoms with Crippen LogP contribution in [0.25, 0.3) is 11.1 Å². The van der Waals surface area contributed by atoms with Crippen molar-refractivity contribution >= 4 is 11.1 Å². The number of hydrogen-bond acceptors (Lipinski definition) is 6. The van der Waals surface area contributed by atoms with Crippen LogP contribution < -0.4 is 15.2 Å². The van der Waals surface area contributed by atoms with E-state index in [1.54, 1.807) is 31.2 Å². The molecule has 0 heterocycles. The van der Waals surface area contributed by atoms with E-state index in [1.165, 1.54) is 6.07 Å². The predicted molar refractivity (Wildman–Crippen MR) is 67.8 cm³/mol. The smallest absolute Gasteiger partial charge is 0.140 e. The van der Waals surface area contributed by atoms with Crippen LogP contribution >= 0.6 is 0 Å². The van der Waals surface area contributed by atoms with Crippen LogP contribution in [0.2, 0.25) is 0 Å². The molecular weight excluding hydrogens is 256 g/mol. The summed E-state index contributed by atoms with van der Waals surface area (Å²) in [6, 6.07) is 9.12. The van der Waals surface area contributed by atoms with Crippen molar-refractivity contribution in [3.05, 3.63) is 22.6 Å². The summed E-state index contributed by atoms with van der Waals surface area (Å²) >= 11 is 0. The second kappa shape index (κ2) is 6.45. The average molecular weight is 264 g/mol. The summed E-state index contributed by atoms with van der Waals surface area (Å²) < 4.78 is 5.29. The Kier molecular flexibility index (Phi) is 4.70. The minimum Gasteiger partial charge on any atom is -0.507 e. The predicted octanol–water partition coefficient (Wildman–Crippen LogP) is 0.187. The zero-order chi connectivity index (χ0) is 15.1. The topological polar surface area (TPSA) is 125 Å². The van der Waals surface area contributed by atoms with Gasteiger partial charge in [0.25, 0.3) is 0 Å². The third-order valence-electron chi connectivity index (χ3n) is 2.38. The minimum absolute atomic E-state index is 0.00238. The Balaban J connectivity index is 3.97. The monoisotopic (exact) mass is 264 g/mol. The Hall–Kier alpha value is -3.48. The van der Waals surface area contributed by atoms with Crippen LogP contribution in [0.3, 0.4) is 0 Å². The molecule has 1 rings (SSSR count). The quantitative estimate of drug-likeness (QED) is 0.812. The molecule has 0 saturated carbocycles. The van der Waals surface area contributed by atoms with Gasteiger partial charge in [0.2, 0.25) is 0 Å². The highest BCUT2D eigenvalue weighted by Gasteiger charge is 2.09. The molecule has 0 fully saturated rings. The van der Waals surface area contributed by atoms with Gasteiger partial charge in [-0.15, -0.1) is 0 Å². The van der Waals surface area contributed by atoms with Crippen molar-refractivity contribution in [2.24, 2.45) is 0 Å². The Morgan fingerprint density at radius 1 is 1.00 bits per heavy atom. The molecule has 0 atom stereocenters. The summed E-state index contributed by atoms with van der Waals surface area (Å²) in [5, 5.41) is 45.4. The van der Waals surface area contributed by atoms with Gasteiger partial charge in [-0.05, 0) is 19.1 Å². The molecule has 0 bridgehead atoms. The van der Waals surface area contributed by atoms with Crippen molar-refractivity contribution in [1.29, 1.82) is 21.0 Å². The number of aromatic hydroxyl groups is 1. The van der Waals surface area contributed by atoms with Gasteiger partial charge in [0.1, 0.15) is 46.9 Å². The number of ether oxygens (including phenoxy) is 1. The lowest BCUT2D eigenvalue weighted by molar-refractivity contribution is 0.336. The zero-order valence-electron chi connectivity index (χ0n) is 10.5. The SMILES string of the molecule is CCOc1cc(=C(C#N)C#N)c(O)cc1=C(C#N)C#N. The number of hydrogen-bond donors (Lipinski definition) is 1.